The van der Waals surface area contributed by atoms with Crippen molar-refractivity contribution < 1.29 is 18.7 Å². The van der Waals surface area contributed by atoms with E-state index in [4.69, 9.17) is 9.47 Å². The third-order valence-electron chi connectivity index (χ3n) is 3.92. The fourth-order valence-corrected chi connectivity index (χ4v) is 2.58. The Balaban J connectivity index is 1.93. The molecule has 1 aliphatic rings. The van der Waals surface area contributed by atoms with Gasteiger partial charge in [-0.05, 0) is 25.0 Å². The molecule has 5 nitrogen and oxygen atoms in total. The Hall–Kier alpha value is -1.82. The molecular weight excluding hydrogens is 275 g/mol. The van der Waals surface area contributed by atoms with E-state index in [9.17, 15) is 9.18 Å². The molecule has 0 atom stereocenters. The normalized spacial score (nSPS) is 16.0. The summed E-state index contributed by atoms with van der Waals surface area (Å²) < 4.78 is 24.0. The van der Waals surface area contributed by atoms with Crippen molar-refractivity contribution in [2.75, 3.05) is 32.7 Å². The van der Waals surface area contributed by atoms with E-state index in [-0.39, 0.29) is 11.1 Å². The van der Waals surface area contributed by atoms with Crippen LogP contribution in [0.2, 0.25) is 0 Å². The minimum absolute atomic E-state index is 0.0193. The predicted octanol–water partition coefficient (Wildman–Crippen LogP) is 2.77. The van der Waals surface area contributed by atoms with Gasteiger partial charge in [0.05, 0.1) is 13.7 Å². The lowest BCUT2D eigenvalue weighted by atomic mass is 9.69. The van der Waals surface area contributed by atoms with Crippen LogP contribution in [0.15, 0.2) is 18.2 Å². The van der Waals surface area contributed by atoms with E-state index in [2.05, 4.69) is 10.6 Å². The zero-order valence-electron chi connectivity index (χ0n) is 12.4. The number of carbonyl (C=O) groups excluding carboxylic acids is 1. The highest BCUT2D eigenvalue weighted by Gasteiger charge is 2.37. The molecule has 1 aliphatic carbocycles. The quantitative estimate of drug-likeness (QED) is 0.848. The second-order valence-corrected chi connectivity index (χ2v) is 5.41. The van der Waals surface area contributed by atoms with E-state index in [0.717, 1.165) is 19.3 Å². The van der Waals surface area contributed by atoms with E-state index < -0.39 is 11.8 Å². The maximum atomic E-state index is 13.7. The summed E-state index contributed by atoms with van der Waals surface area (Å²) in [6, 6.07) is 3.95. The highest BCUT2D eigenvalue weighted by molar-refractivity contribution is 5.91. The van der Waals surface area contributed by atoms with E-state index in [0.29, 0.717) is 18.9 Å². The van der Waals surface area contributed by atoms with Crippen molar-refractivity contribution in [1.82, 2.24) is 5.32 Å². The number of benzene rings is 1. The number of methoxy groups -OCH3 is 2. The van der Waals surface area contributed by atoms with Gasteiger partial charge in [0.1, 0.15) is 11.4 Å². The molecular formula is C15H21FN2O3. The molecule has 2 amide bonds. The first-order valence-corrected chi connectivity index (χ1v) is 6.96. The summed E-state index contributed by atoms with van der Waals surface area (Å²) in [5.74, 6) is -0.236. The summed E-state index contributed by atoms with van der Waals surface area (Å²) in [7, 11) is 3.09. The molecule has 0 unspecified atom stereocenters. The molecule has 1 aromatic carbocycles. The summed E-state index contributed by atoms with van der Waals surface area (Å²) in [4.78, 5) is 11.9. The van der Waals surface area contributed by atoms with Gasteiger partial charge in [-0.15, -0.1) is 0 Å². The van der Waals surface area contributed by atoms with Crippen molar-refractivity contribution in [2.24, 2.45) is 5.41 Å². The van der Waals surface area contributed by atoms with Crippen LogP contribution in [-0.4, -0.2) is 33.4 Å². The number of nitrogens with one attached hydrogen (secondary N) is 2. The lowest BCUT2D eigenvalue weighted by Gasteiger charge is -2.41. The minimum atomic E-state index is -0.528. The number of para-hydroxylation sites is 1. The first-order valence-electron chi connectivity index (χ1n) is 6.96. The fourth-order valence-electron chi connectivity index (χ4n) is 2.58. The third kappa shape index (κ3) is 3.64. The molecule has 1 aromatic rings. The van der Waals surface area contributed by atoms with E-state index in [1.807, 2.05) is 0 Å². The van der Waals surface area contributed by atoms with Crippen LogP contribution in [0.5, 0.6) is 5.75 Å². The molecule has 21 heavy (non-hydrogen) atoms. The van der Waals surface area contributed by atoms with E-state index >= 15 is 0 Å². The standard InChI is InChI=1S/C15H21FN2O3/c1-20-10-15(7-4-8-15)9-17-14(19)18-13-11(16)5-3-6-12(13)21-2/h3,5-6H,4,7-10H2,1-2H3,(H2,17,18,19). The van der Waals surface area contributed by atoms with Crippen LogP contribution in [0.4, 0.5) is 14.9 Å². The molecule has 0 aromatic heterocycles. The summed E-state index contributed by atoms with van der Waals surface area (Å²) >= 11 is 0. The first-order chi connectivity index (χ1) is 10.1. The topological polar surface area (TPSA) is 59.6 Å². The van der Waals surface area contributed by atoms with E-state index in [1.54, 1.807) is 13.2 Å². The summed E-state index contributed by atoms with van der Waals surface area (Å²) in [6.45, 7) is 1.14. The Morgan fingerprint density at radius 1 is 1.38 bits per heavy atom. The number of halogens is 1. The van der Waals surface area contributed by atoms with Gasteiger partial charge in [-0.25, -0.2) is 9.18 Å². The number of urea groups is 1. The molecule has 116 valence electrons. The van der Waals surface area contributed by atoms with Crippen LogP contribution in [0.1, 0.15) is 19.3 Å². The van der Waals surface area contributed by atoms with Crippen molar-refractivity contribution in [2.45, 2.75) is 19.3 Å². The second kappa shape index (κ2) is 6.76. The zero-order valence-corrected chi connectivity index (χ0v) is 12.4. The van der Waals surface area contributed by atoms with Gasteiger partial charge in [0.15, 0.2) is 5.82 Å². The van der Waals surface area contributed by atoms with Crippen molar-refractivity contribution >= 4 is 11.7 Å². The predicted molar refractivity (Wildman–Crippen MR) is 78.1 cm³/mol. The molecule has 0 saturated heterocycles. The van der Waals surface area contributed by atoms with Gasteiger partial charge in [-0.3, -0.25) is 0 Å². The molecule has 0 bridgehead atoms. The van der Waals surface area contributed by atoms with Crippen LogP contribution in [-0.2, 0) is 4.74 Å². The molecule has 0 aliphatic heterocycles. The molecule has 2 N–H and O–H groups in total. The van der Waals surface area contributed by atoms with Crippen LogP contribution >= 0.6 is 0 Å². The molecule has 2 rings (SSSR count). The average Bonchev–Trinajstić information content (AvgIpc) is 2.43. The minimum Gasteiger partial charge on any atom is -0.494 e. The number of anilines is 1. The zero-order chi connectivity index (χ0) is 15.3. The number of hydrogen-bond donors (Lipinski definition) is 2. The van der Waals surface area contributed by atoms with Gasteiger partial charge < -0.3 is 20.1 Å². The van der Waals surface area contributed by atoms with Gasteiger partial charge in [-0.2, -0.15) is 0 Å². The van der Waals surface area contributed by atoms with Crippen LogP contribution < -0.4 is 15.4 Å². The van der Waals surface area contributed by atoms with Crippen molar-refractivity contribution in [3.8, 4) is 5.75 Å². The maximum absolute atomic E-state index is 13.7. The Morgan fingerprint density at radius 3 is 2.71 bits per heavy atom. The fraction of sp³-hybridized carbons (Fsp3) is 0.533. The number of hydrogen-bond acceptors (Lipinski definition) is 3. The van der Waals surface area contributed by atoms with Gasteiger partial charge in [0.2, 0.25) is 0 Å². The van der Waals surface area contributed by atoms with Crippen LogP contribution in [0, 0.1) is 11.2 Å². The number of amides is 2. The molecule has 1 saturated carbocycles. The van der Waals surface area contributed by atoms with Gasteiger partial charge >= 0.3 is 6.03 Å². The highest BCUT2D eigenvalue weighted by Crippen LogP contribution is 2.40. The number of ether oxygens (including phenoxy) is 2. The Labute approximate surface area is 123 Å². The van der Waals surface area contributed by atoms with Crippen LogP contribution in [0.3, 0.4) is 0 Å². The Bertz CT molecular complexity index is 504. The van der Waals surface area contributed by atoms with Gasteiger partial charge in [-0.1, -0.05) is 12.5 Å². The first kappa shape index (κ1) is 15.6. The Morgan fingerprint density at radius 2 is 2.14 bits per heavy atom. The molecule has 0 radical (unpaired) electrons. The molecule has 0 spiro atoms. The monoisotopic (exact) mass is 296 g/mol. The average molecular weight is 296 g/mol. The number of rotatable bonds is 6. The van der Waals surface area contributed by atoms with Crippen molar-refractivity contribution in [1.29, 1.82) is 0 Å². The smallest absolute Gasteiger partial charge is 0.319 e. The van der Waals surface area contributed by atoms with E-state index in [1.165, 1.54) is 19.2 Å². The lowest BCUT2D eigenvalue weighted by molar-refractivity contribution is 0.0203. The van der Waals surface area contributed by atoms with Crippen molar-refractivity contribution in [3.05, 3.63) is 24.0 Å². The SMILES string of the molecule is COCC1(CNC(=O)Nc2c(F)cccc2OC)CCC1. The molecule has 1 fully saturated rings. The molecule has 0 heterocycles. The van der Waals surface area contributed by atoms with Crippen molar-refractivity contribution in [3.63, 3.8) is 0 Å². The van der Waals surface area contributed by atoms with Gasteiger partial charge in [0.25, 0.3) is 0 Å². The Kier molecular flexibility index (Phi) is 5.01. The number of carbonyl (C=O) groups is 1. The maximum Gasteiger partial charge on any atom is 0.319 e. The summed E-state index contributed by atoms with van der Waals surface area (Å²) in [5, 5.41) is 5.29. The van der Waals surface area contributed by atoms with Crippen LogP contribution in [0.25, 0.3) is 0 Å². The highest BCUT2D eigenvalue weighted by atomic mass is 19.1. The summed E-state index contributed by atoms with van der Waals surface area (Å²) in [6.07, 6.45) is 3.21. The largest absolute Gasteiger partial charge is 0.494 e. The lowest BCUT2D eigenvalue weighted by Crippen LogP contribution is -2.46. The van der Waals surface area contributed by atoms with Gasteiger partial charge in [0, 0.05) is 19.1 Å². The third-order valence-corrected chi connectivity index (χ3v) is 3.92. The second-order valence-electron chi connectivity index (χ2n) is 5.41. The molecule has 6 heteroatoms. The summed E-state index contributed by atoms with van der Waals surface area (Å²) in [5.41, 5.74) is 0.0673.